The number of benzene rings is 3. The molecule has 4 rings (SSSR count). The Morgan fingerprint density at radius 1 is 0.742 bits per heavy atom. The summed E-state index contributed by atoms with van der Waals surface area (Å²) in [6.45, 7) is 2.27. The van der Waals surface area contributed by atoms with Crippen LogP contribution in [0.2, 0.25) is 0 Å². The highest BCUT2D eigenvalue weighted by atomic mass is 19.2. The van der Waals surface area contributed by atoms with Crippen molar-refractivity contribution in [2.45, 2.75) is 45.4 Å². The SMILES string of the molecule is CC1CCC(CCc2cc(F)c(C#Cc3ccc4cc(F)c(F)cc4c3)c(F)c2)CC1. The predicted molar refractivity (Wildman–Crippen MR) is 116 cm³/mol. The summed E-state index contributed by atoms with van der Waals surface area (Å²) in [5.41, 5.74) is 0.843. The van der Waals surface area contributed by atoms with Gasteiger partial charge in [0.2, 0.25) is 0 Å². The van der Waals surface area contributed by atoms with Crippen LogP contribution in [0.4, 0.5) is 17.6 Å². The largest absolute Gasteiger partial charge is 0.206 e. The topological polar surface area (TPSA) is 0 Å². The average molecular weight is 424 g/mol. The zero-order valence-corrected chi connectivity index (χ0v) is 17.5. The number of hydrogen-bond acceptors (Lipinski definition) is 0. The summed E-state index contributed by atoms with van der Waals surface area (Å²) < 4.78 is 55.9. The Morgan fingerprint density at radius 3 is 2.06 bits per heavy atom. The van der Waals surface area contributed by atoms with Gasteiger partial charge in [0.1, 0.15) is 11.6 Å². The molecule has 0 bridgehead atoms. The van der Waals surface area contributed by atoms with Gasteiger partial charge < -0.3 is 0 Å². The lowest BCUT2D eigenvalue weighted by Gasteiger charge is -2.26. The van der Waals surface area contributed by atoms with Gasteiger partial charge in [-0.25, -0.2) is 17.6 Å². The highest BCUT2D eigenvalue weighted by molar-refractivity contribution is 5.84. The number of fused-ring (bicyclic) bond motifs is 1. The van der Waals surface area contributed by atoms with Crippen molar-refractivity contribution >= 4 is 10.8 Å². The van der Waals surface area contributed by atoms with E-state index in [1.54, 1.807) is 18.2 Å². The first-order valence-corrected chi connectivity index (χ1v) is 10.8. The maximum absolute atomic E-state index is 14.5. The highest BCUT2D eigenvalue weighted by Crippen LogP contribution is 2.31. The van der Waals surface area contributed by atoms with Gasteiger partial charge >= 0.3 is 0 Å². The lowest BCUT2D eigenvalue weighted by molar-refractivity contribution is 0.277. The summed E-state index contributed by atoms with van der Waals surface area (Å²) in [5.74, 6) is 3.49. The van der Waals surface area contributed by atoms with Crippen molar-refractivity contribution in [3.8, 4) is 11.8 Å². The standard InChI is InChI=1S/C27H24F4/c1-17-2-4-18(5-3-17)6-7-20-13-24(28)23(25(29)14-20)11-9-19-8-10-21-15-26(30)27(31)16-22(21)12-19/h8,10,12-18H,2-7H2,1H3. The first kappa shape index (κ1) is 21.4. The first-order chi connectivity index (χ1) is 14.9. The summed E-state index contributed by atoms with van der Waals surface area (Å²) >= 11 is 0. The summed E-state index contributed by atoms with van der Waals surface area (Å²) in [5, 5.41) is 0.998. The Kier molecular flexibility index (Phi) is 6.32. The van der Waals surface area contributed by atoms with Crippen LogP contribution in [0.15, 0.2) is 42.5 Å². The molecule has 0 nitrogen and oxygen atoms in total. The third-order valence-corrected chi connectivity index (χ3v) is 6.29. The van der Waals surface area contributed by atoms with Crippen LogP contribution in [0.25, 0.3) is 10.8 Å². The number of hydrogen-bond donors (Lipinski definition) is 0. The van der Waals surface area contributed by atoms with Crippen molar-refractivity contribution in [3.63, 3.8) is 0 Å². The van der Waals surface area contributed by atoms with Gasteiger partial charge in [0.15, 0.2) is 11.6 Å². The second-order valence-corrected chi connectivity index (χ2v) is 8.68. The van der Waals surface area contributed by atoms with Crippen LogP contribution in [-0.2, 0) is 6.42 Å². The average Bonchev–Trinajstić information content (AvgIpc) is 2.73. The number of rotatable bonds is 3. The molecule has 0 amide bonds. The molecule has 0 heterocycles. The van der Waals surface area contributed by atoms with Crippen molar-refractivity contribution in [2.24, 2.45) is 11.8 Å². The van der Waals surface area contributed by atoms with Crippen LogP contribution in [0.5, 0.6) is 0 Å². The van der Waals surface area contributed by atoms with Crippen molar-refractivity contribution in [2.75, 3.05) is 0 Å². The molecule has 31 heavy (non-hydrogen) atoms. The predicted octanol–water partition coefficient (Wildman–Crippen LogP) is 7.55. The Labute approximate surface area is 180 Å². The van der Waals surface area contributed by atoms with E-state index in [1.165, 1.54) is 37.8 Å². The van der Waals surface area contributed by atoms with E-state index in [0.29, 0.717) is 34.2 Å². The molecule has 160 valence electrons. The maximum Gasteiger partial charge on any atom is 0.159 e. The van der Waals surface area contributed by atoms with Crippen molar-refractivity contribution in [1.82, 2.24) is 0 Å². The van der Waals surface area contributed by atoms with Gasteiger partial charge in [-0.05, 0) is 77.4 Å². The number of aryl methyl sites for hydroxylation is 1. The van der Waals surface area contributed by atoms with Gasteiger partial charge in [0.05, 0.1) is 5.56 Å². The fourth-order valence-corrected chi connectivity index (χ4v) is 4.33. The van der Waals surface area contributed by atoms with E-state index in [2.05, 4.69) is 18.8 Å². The molecular formula is C27H24F4. The molecule has 0 spiro atoms. The van der Waals surface area contributed by atoms with Crippen molar-refractivity contribution in [3.05, 3.63) is 82.4 Å². The third-order valence-electron chi connectivity index (χ3n) is 6.29. The van der Waals surface area contributed by atoms with E-state index >= 15 is 0 Å². The lowest BCUT2D eigenvalue weighted by atomic mass is 9.80. The third kappa shape index (κ3) is 5.10. The first-order valence-electron chi connectivity index (χ1n) is 10.8. The zero-order valence-electron chi connectivity index (χ0n) is 17.5. The van der Waals surface area contributed by atoms with Gasteiger partial charge in [-0.15, -0.1) is 0 Å². The molecule has 0 atom stereocenters. The van der Waals surface area contributed by atoms with Crippen LogP contribution in [0.3, 0.4) is 0 Å². The molecular weight excluding hydrogens is 400 g/mol. The minimum absolute atomic E-state index is 0.277. The summed E-state index contributed by atoms with van der Waals surface area (Å²) in [6.07, 6.45) is 6.46. The summed E-state index contributed by atoms with van der Waals surface area (Å²) in [6, 6.07) is 9.71. The quantitative estimate of drug-likeness (QED) is 0.301. The molecule has 0 saturated heterocycles. The minimum atomic E-state index is -0.951. The monoisotopic (exact) mass is 424 g/mol. The summed E-state index contributed by atoms with van der Waals surface area (Å²) in [4.78, 5) is 0. The lowest BCUT2D eigenvalue weighted by Crippen LogP contribution is -2.13. The molecule has 0 unspecified atom stereocenters. The highest BCUT2D eigenvalue weighted by Gasteiger charge is 2.18. The van der Waals surface area contributed by atoms with Crippen LogP contribution in [-0.4, -0.2) is 0 Å². The van der Waals surface area contributed by atoms with E-state index in [1.807, 2.05) is 0 Å². The Hall–Kier alpha value is -2.80. The van der Waals surface area contributed by atoms with Gasteiger partial charge in [0, 0.05) is 5.56 Å². The number of halogens is 4. The van der Waals surface area contributed by atoms with Gasteiger partial charge in [-0.3, -0.25) is 0 Å². The fourth-order valence-electron chi connectivity index (χ4n) is 4.33. The van der Waals surface area contributed by atoms with E-state index < -0.39 is 23.3 Å². The Morgan fingerprint density at radius 2 is 1.39 bits per heavy atom. The van der Waals surface area contributed by atoms with E-state index in [-0.39, 0.29) is 5.56 Å². The smallest absolute Gasteiger partial charge is 0.159 e. The van der Waals surface area contributed by atoms with E-state index in [0.717, 1.165) is 24.5 Å². The van der Waals surface area contributed by atoms with Crippen LogP contribution >= 0.6 is 0 Å². The van der Waals surface area contributed by atoms with E-state index in [9.17, 15) is 17.6 Å². The molecule has 1 aliphatic carbocycles. The van der Waals surface area contributed by atoms with Gasteiger partial charge in [-0.1, -0.05) is 50.5 Å². The molecule has 1 aliphatic rings. The van der Waals surface area contributed by atoms with Crippen LogP contribution < -0.4 is 0 Å². The Bertz CT molecular complexity index is 1140. The van der Waals surface area contributed by atoms with Crippen molar-refractivity contribution in [1.29, 1.82) is 0 Å². The van der Waals surface area contributed by atoms with Crippen molar-refractivity contribution < 1.29 is 17.6 Å². The summed E-state index contributed by atoms with van der Waals surface area (Å²) in [7, 11) is 0. The van der Waals surface area contributed by atoms with Gasteiger partial charge in [-0.2, -0.15) is 0 Å². The van der Waals surface area contributed by atoms with Crippen LogP contribution in [0.1, 0.15) is 55.7 Å². The van der Waals surface area contributed by atoms with Gasteiger partial charge in [0.25, 0.3) is 0 Å². The minimum Gasteiger partial charge on any atom is -0.206 e. The fraction of sp³-hybridized carbons (Fsp3) is 0.333. The molecule has 3 aromatic rings. The molecule has 0 radical (unpaired) electrons. The molecule has 1 saturated carbocycles. The molecule has 4 heteroatoms. The maximum atomic E-state index is 14.5. The normalized spacial score (nSPS) is 18.6. The zero-order chi connectivity index (χ0) is 22.0. The van der Waals surface area contributed by atoms with E-state index in [4.69, 9.17) is 0 Å². The second kappa shape index (κ2) is 9.14. The van der Waals surface area contributed by atoms with Crippen LogP contribution in [0, 0.1) is 46.9 Å². The second-order valence-electron chi connectivity index (χ2n) is 8.68. The molecule has 1 fully saturated rings. The molecule has 0 aromatic heterocycles. The molecule has 0 N–H and O–H groups in total. The Balaban J connectivity index is 1.50. The molecule has 3 aromatic carbocycles. The molecule has 0 aliphatic heterocycles.